The summed E-state index contributed by atoms with van der Waals surface area (Å²) in [5.74, 6) is 0. The van der Waals surface area contributed by atoms with E-state index in [0.717, 1.165) is 6.42 Å². The Morgan fingerprint density at radius 1 is 0.609 bits per heavy atom. The Morgan fingerprint density at radius 2 is 1.04 bits per heavy atom. The van der Waals surface area contributed by atoms with Crippen LogP contribution in [0.4, 0.5) is 0 Å². The summed E-state index contributed by atoms with van der Waals surface area (Å²) in [6, 6.07) is 17.0. The fourth-order valence-corrected chi connectivity index (χ4v) is 2.35. The molecular formula is C23H34. The molecule has 23 heavy (non-hydrogen) atoms. The Morgan fingerprint density at radius 3 is 1.48 bits per heavy atom. The van der Waals surface area contributed by atoms with Gasteiger partial charge in [-0.25, -0.2) is 0 Å². The van der Waals surface area contributed by atoms with Crippen molar-refractivity contribution in [1.82, 2.24) is 0 Å². The van der Waals surface area contributed by atoms with Gasteiger partial charge in [-0.3, -0.25) is 0 Å². The molecule has 126 valence electrons. The molecule has 0 unspecified atom stereocenters. The molecule has 0 fully saturated rings. The summed E-state index contributed by atoms with van der Waals surface area (Å²) in [6.45, 7) is 16.7. The second-order valence-corrected chi connectivity index (χ2v) is 5.32. The Hall–Kier alpha value is -1.82. The van der Waals surface area contributed by atoms with E-state index >= 15 is 0 Å². The highest BCUT2D eigenvalue weighted by atomic mass is 14.2. The molecule has 0 aliphatic heterocycles. The average molecular weight is 311 g/mol. The lowest BCUT2D eigenvalue weighted by Gasteiger charge is -1.97. The molecule has 0 bridgehead atoms. The van der Waals surface area contributed by atoms with Gasteiger partial charge in [0.05, 0.1) is 0 Å². The van der Waals surface area contributed by atoms with E-state index in [0.29, 0.717) is 0 Å². The Balaban J connectivity index is 0.000000358. The Kier molecular flexibility index (Phi) is 10.8. The first-order valence-corrected chi connectivity index (χ1v) is 8.86. The van der Waals surface area contributed by atoms with Gasteiger partial charge in [0.2, 0.25) is 0 Å². The Labute approximate surface area is 144 Å². The van der Waals surface area contributed by atoms with Gasteiger partial charge in [-0.1, -0.05) is 81.8 Å². The van der Waals surface area contributed by atoms with Crippen LogP contribution in [0.25, 0.3) is 5.57 Å². The SMILES string of the molecule is CC.CC.CC1=C(C)c2ccccc2C1.Cc1ccccc1C. The molecule has 0 radical (unpaired) electrons. The van der Waals surface area contributed by atoms with Crippen LogP contribution < -0.4 is 0 Å². The zero-order valence-corrected chi connectivity index (χ0v) is 16.3. The molecule has 0 spiro atoms. The number of hydrogen-bond donors (Lipinski definition) is 0. The van der Waals surface area contributed by atoms with E-state index < -0.39 is 0 Å². The van der Waals surface area contributed by atoms with Crippen molar-refractivity contribution in [2.24, 2.45) is 0 Å². The molecular weight excluding hydrogens is 276 g/mol. The predicted molar refractivity (Wildman–Crippen MR) is 107 cm³/mol. The zero-order chi connectivity index (χ0) is 17.8. The van der Waals surface area contributed by atoms with Gasteiger partial charge in [0.1, 0.15) is 0 Å². The lowest BCUT2D eigenvalue weighted by molar-refractivity contribution is 1.19. The summed E-state index contributed by atoms with van der Waals surface area (Å²) < 4.78 is 0. The second-order valence-electron chi connectivity index (χ2n) is 5.32. The number of hydrogen-bond acceptors (Lipinski definition) is 0. The smallest absolute Gasteiger partial charge is 0.00579 e. The third kappa shape index (κ3) is 6.44. The lowest BCUT2D eigenvalue weighted by atomic mass is 10.1. The molecule has 0 atom stereocenters. The van der Waals surface area contributed by atoms with E-state index in [1.807, 2.05) is 27.7 Å². The Bertz CT molecular complexity index is 582. The fourth-order valence-electron chi connectivity index (χ4n) is 2.35. The van der Waals surface area contributed by atoms with E-state index in [2.05, 4.69) is 76.2 Å². The van der Waals surface area contributed by atoms with Gasteiger partial charge in [0.25, 0.3) is 0 Å². The highest BCUT2D eigenvalue weighted by Gasteiger charge is 2.13. The van der Waals surface area contributed by atoms with E-state index in [9.17, 15) is 0 Å². The fraction of sp³-hybridized carbons (Fsp3) is 0.391. The highest BCUT2D eigenvalue weighted by molar-refractivity contribution is 5.74. The number of benzene rings is 2. The van der Waals surface area contributed by atoms with Gasteiger partial charge < -0.3 is 0 Å². The zero-order valence-electron chi connectivity index (χ0n) is 16.3. The quantitative estimate of drug-likeness (QED) is 0.476. The summed E-state index contributed by atoms with van der Waals surface area (Å²) in [4.78, 5) is 0. The van der Waals surface area contributed by atoms with Crippen LogP contribution in [0.1, 0.15) is 63.8 Å². The molecule has 0 saturated heterocycles. The highest BCUT2D eigenvalue weighted by Crippen LogP contribution is 2.31. The maximum absolute atomic E-state index is 2.22. The largest absolute Gasteiger partial charge is 0.0683 e. The van der Waals surface area contributed by atoms with Gasteiger partial charge in [-0.15, -0.1) is 0 Å². The minimum atomic E-state index is 1.15. The summed E-state index contributed by atoms with van der Waals surface area (Å²) in [6.07, 6.45) is 1.15. The summed E-state index contributed by atoms with van der Waals surface area (Å²) in [5, 5.41) is 0. The molecule has 0 nitrogen and oxygen atoms in total. The molecule has 2 aromatic carbocycles. The molecule has 0 heterocycles. The number of allylic oxidation sites excluding steroid dienone is 2. The van der Waals surface area contributed by atoms with Crippen molar-refractivity contribution >= 4 is 5.57 Å². The molecule has 2 aromatic rings. The third-order valence-electron chi connectivity index (χ3n) is 3.94. The first kappa shape index (κ1) is 21.2. The molecule has 1 aliphatic rings. The maximum Gasteiger partial charge on any atom is -0.00579 e. The van der Waals surface area contributed by atoms with Crippen molar-refractivity contribution in [1.29, 1.82) is 0 Å². The normalized spacial score (nSPS) is 11.1. The van der Waals surface area contributed by atoms with E-state index in [4.69, 9.17) is 0 Å². The molecule has 0 N–H and O–H groups in total. The third-order valence-corrected chi connectivity index (χ3v) is 3.94. The monoisotopic (exact) mass is 310 g/mol. The summed E-state index contributed by atoms with van der Waals surface area (Å²) in [7, 11) is 0. The van der Waals surface area contributed by atoms with E-state index in [1.165, 1.54) is 33.4 Å². The predicted octanol–water partition coefficient (Wildman–Crippen LogP) is 7.39. The second kappa shape index (κ2) is 11.7. The maximum atomic E-state index is 2.22. The molecule has 1 aliphatic carbocycles. The van der Waals surface area contributed by atoms with Gasteiger partial charge >= 0.3 is 0 Å². The minimum Gasteiger partial charge on any atom is -0.0683 e. The van der Waals surface area contributed by atoms with Crippen LogP contribution in [-0.4, -0.2) is 0 Å². The van der Waals surface area contributed by atoms with Crippen molar-refractivity contribution in [2.75, 3.05) is 0 Å². The van der Waals surface area contributed by atoms with Crippen LogP contribution >= 0.6 is 0 Å². The first-order chi connectivity index (χ1) is 11.1. The summed E-state index contributed by atoms with van der Waals surface area (Å²) in [5.41, 5.74) is 8.67. The van der Waals surface area contributed by atoms with Gasteiger partial charge in [-0.2, -0.15) is 0 Å². The number of rotatable bonds is 0. The van der Waals surface area contributed by atoms with Crippen molar-refractivity contribution in [2.45, 2.75) is 61.8 Å². The van der Waals surface area contributed by atoms with Crippen LogP contribution in [0, 0.1) is 13.8 Å². The van der Waals surface area contributed by atoms with E-state index in [1.54, 1.807) is 0 Å². The van der Waals surface area contributed by atoms with Crippen LogP contribution in [0.2, 0.25) is 0 Å². The minimum absolute atomic E-state index is 1.15. The van der Waals surface area contributed by atoms with Gasteiger partial charge in [0.15, 0.2) is 0 Å². The number of aryl methyl sites for hydroxylation is 2. The first-order valence-electron chi connectivity index (χ1n) is 8.86. The van der Waals surface area contributed by atoms with Crippen molar-refractivity contribution in [3.63, 3.8) is 0 Å². The topological polar surface area (TPSA) is 0 Å². The van der Waals surface area contributed by atoms with Crippen LogP contribution in [0.5, 0.6) is 0 Å². The number of fused-ring (bicyclic) bond motifs is 1. The molecule has 3 rings (SSSR count). The lowest BCUT2D eigenvalue weighted by Crippen LogP contribution is -1.80. The summed E-state index contributed by atoms with van der Waals surface area (Å²) >= 11 is 0. The van der Waals surface area contributed by atoms with Crippen LogP contribution in [0.3, 0.4) is 0 Å². The van der Waals surface area contributed by atoms with Gasteiger partial charge in [0, 0.05) is 0 Å². The molecule has 0 amide bonds. The van der Waals surface area contributed by atoms with Crippen molar-refractivity contribution in [3.05, 3.63) is 76.4 Å². The standard InChI is InChI=1S/C11H12.C8H10.2C2H6/c1-8-7-10-5-3-4-6-11(10)9(8)2;1-7-5-3-4-6-8(7)2;2*1-2/h3-6H,7H2,1-2H3;3-6H,1-2H3;2*1-2H3. The molecule has 0 heteroatoms. The van der Waals surface area contributed by atoms with Crippen LogP contribution in [0.15, 0.2) is 54.1 Å². The van der Waals surface area contributed by atoms with Crippen molar-refractivity contribution < 1.29 is 0 Å². The molecule has 0 aromatic heterocycles. The van der Waals surface area contributed by atoms with E-state index in [-0.39, 0.29) is 0 Å². The molecule has 0 saturated carbocycles. The van der Waals surface area contributed by atoms with Crippen molar-refractivity contribution in [3.8, 4) is 0 Å². The van der Waals surface area contributed by atoms with Crippen LogP contribution in [-0.2, 0) is 6.42 Å². The average Bonchev–Trinajstić information content (AvgIpc) is 2.90. The van der Waals surface area contributed by atoms with Gasteiger partial charge in [-0.05, 0) is 61.9 Å².